The fourth-order valence-electron chi connectivity index (χ4n) is 1.72. The Hall–Kier alpha value is -1.52. The van der Waals surface area contributed by atoms with E-state index in [1.807, 2.05) is 0 Å². The van der Waals surface area contributed by atoms with Gasteiger partial charge < -0.3 is 9.94 Å². The Bertz CT molecular complexity index is 346. The molecule has 5 heteroatoms. The molecule has 1 N–H and O–H groups in total. The van der Waals surface area contributed by atoms with Crippen molar-refractivity contribution in [3.05, 3.63) is 11.3 Å². The lowest BCUT2D eigenvalue weighted by atomic mass is 10.2. The van der Waals surface area contributed by atoms with Crippen molar-refractivity contribution in [2.45, 2.75) is 26.5 Å². The normalized spacial score (nSPS) is 29.6. The standard InChI is InChI=1S/C9H12N2O3/c1-5-6(2)14-9-7(10-13)3-4-11(9)8(5)12/h9,13H,3-4H2,1-2H3/b10-7+. The van der Waals surface area contributed by atoms with Crippen LogP contribution in [0.5, 0.6) is 0 Å². The Morgan fingerprint density at radius 3 is 2.93 bits per heavy atom. The number of carbonyl (C=O) groups is 1. The molecule has 2 aliphatic heterocycles. The third kappa shape index (κ3) is 1.08. The maximum absolute atomic E-state index is 11.7. The molecule has 1 fully saturated rings. The molecule has 0 bridgehead atoms. The lowest BCUT2D eigenvalue weighted by Gasteiger charge is -2.30. The zero-order valence-electron chi connectivity index (χ0n) is 8.15. The first-order valence-electron chi connectivity index (χ1n) is 4.51. The number of rotatable bonds is 0. The smallest absolute Gasteiger partial charge is 0.256 e. The third-order valence-electron chi connectivity index (χ3n) is 2.70. The van der Waals surface area contributed by atoms with Crippen LogP contribution in [0.2, 0.25) is 0 Å². The number of hydrogen-bond acceptors (Lipinski definition) is 4. The minimum Gasteiger partial charge on any atom is -0.469 e. The van der Waals surface area contributed by atoms with Crippen LogP contribution in [0.25, 0.3) is 0 Å². The molecule has 1 atom stereocenters. The lowest BCUT2D eigenvalue weighted by Crippen LogP contribution is -2.43. The molecule has 0 spiro atoms. The molecule has 2 aliphatic rings. The van der Waals surface area contributed by atoms with Gasteiger partial charge in [-0.3, -0.25) is 9.69 Å². The number of allylic oxidation sites excluding steroid dienone is 1. The van der Waals surface area contributed by atoms with Crippen LogP contribution in [0.1, 0.15) is 20.3 Å². The fraction of sp³-hybridized carbons (Fsp3) is 0.556. The van der Waals surface area contributed by atoms with Crippen molar-refractivity contribution in [3.63, 3.8) is 0 Å². The maximum Gasteiger partial charge on any atom is 0.256 e. The summed E-state index contributed by atoms with van der Waals surface area (Å²) >= 11 is 0. The SMILES string of the molecule is CC1=C(C)C(=O)N2CC/C(=N\O)C2O1. The van der Waals surface area contributed by atoms with E-state index >= 15 is 0 Å². The molecule has 0 radical (unpaired) electrons. The Labute approximate surface area is 81.6 Å². The van der Waals surface area contributed by atoms with Gasteiger partial charge in [-0.1, -0.05) is 5.16 Å². The third-order valence-corrected chi connectivity index (χ3v) is 2.70. The Morgan fingerprint density at radius 1 is 1.57 bits per heavy atom. The van der Waals surface area contributed by atoms with Crippen molar-refractivity contribution in [1.82, 2.24) is 4.90 Å². The van der Waals surface area contributed by atoms with Gasteiger partial charge in [0.15, 0.2) is 0 Å². The van der Waals surface area contributed by atoms with Crippen LogP contribution in [0.3, 0.4) is 0 Å². The van der Waals surface area contributed by atoms with Crippen LogP contribution in [-0.2, 0) is 9.53 Å². The van der Waals surface area contributed by atoms with Gasteiger partial charge >= 0.3 is 0 Å². The van der Waals surface area contributed by atoms with E-state index < -0.39 is 6.23 Å². The fourth-order valence-corrected chi connectivity index (χ4v) is 1.72. The van der Waals surface area contributed by atoms with Crippen molar-refractivity contribution in [3.8, 4) is 0 Å². The van der Waals surface area contributed by atoms with E-state index in [4.69, 9.17) is 9.94 Å². The van der Waals surface area contributed by atoms with E-state index in [0.29, 0.717) is 30.0 Å². The van der Waals surface area contributed by atoms with Crippen LogP contribution in [0.15, 0.2) is 16.5 Å². The molecule has 2 heterocycles. The highest BCUT2D eigenvalue weighted by Crippen LogP contribution is 2.27. The summed E-state index contributed by atoms with van der Waals surface area (Å²) in [5, 5.41) is 11.8. The number of hydrogen-bond donors (Lipinski definition) is 1. The Balaban J connectivity index is 2.36. The number of amides is 1. The second-order valence-corrected chi connectivity index (χ2v) is 3.49. The van der Waals surface area contributed by atoms with Crippen molar-refractivity contribution < 1.29 is 14.7 Å². The molecule has 1 saturated heterocycles. The summed E-state index contributed by atoms with van der Waals surface area (Å²) in [5.74, 6) is 0.580. The summed E-state index contributed by atoms with van der Waals surface area (Å²) in [7, 11) is 0. The molecule has 0 aromatic carbocycles. The van der Waals surface area contributed by atoms with E-state index in [-0.39, 0.29) is 5.91 Å². The summed E-state index contributed by atoms with van der Waals surface area (Å²) in [5.41, 5.74) is 1.14. The number of carbonyl (C=O) groups excluding carboxylic acids is 1. The van der Waals surface area contributed by atoms with Gasteiger partial charge in [-0.05, 0) is 13.8 Å². The first-order chi connectivity index (χ1) is 6.65. The zero-order chi connectivity index (χ0) is 10.3. The lowest BCUT2D eigenvalue weighted by molar-refractivity contribution is -0.136. The topological polar surface area (TPSA) is 62.1 Å². The zero-order valence-corrected chi connectivity index (χ0v) is 8.15. The molecular weight excluding hydrogens is 184 g/mol. The van der Waals surface area contributed by atoms with Crippen LogP contribution in [0, 0.1) is 0 Å². The van der Waals surface area contributed by atoms with Gasteiger partial charge in [0.25, 0.3) is 5.91 Å². The minimum absolute atomic E-state index is 0.0302. The van der Waals surface area contributed by atoms with Crippen LogP contribution >= 0.6 is 0 Å². The summed E-state index contributed by atoms with van der Waals surface area (Å²) in [6.45, 7) is 4.05. The summed E-state index contributed by atoms with van der Waals surface area (Å²) < 4.78 is 5.49. The molecule has 0 aliphatic carbocycles. The second-order valence-electron chi connectivity index (χ2n) is 3.49. The van der Waals surface area contributed by atoms with Crippen LogP contribution in [0.4, 0.5) is 0 Å². The first-order valence-corrected chi connectivity index (χ1v) is 4.51. The maximum atomic E-state index is 11.7. The van der Waals surface area contributed by atoms with E-state index in [9.17, 15) is 4.79 Å². The van der Waals surface area contributed by atoms with Crippen LogP contribution in [-0.4, -0.2) is 34.5 Å². The van der Waals surface area contributed by atoms with Crippen molar-refractivity contribution >= 4 is 11.6 Å². The molecule has 1 unspecified atom stereocenters. The first kappa shape index (κ1) is 9.05. The van der Waals surface area contributed by atoms with Crippen molar-refractivity contribution in [2.75, 3.05) is 6.54 Å². The molecule has 0 aromatic heterocycles. The molecule has 0 aromatic rings. The predicted molar refractivity (Wildman–Crippen MR) is 48.8 cm³/mol. The number of fused-ring (bicyclic) bond motifs is 1. The molecule has 5 nitrogen and oxygen atoms in total. The monoisotopic (exact) mass is 196 g/mol. The van der Waals surface area contributed by atoms with Gasteiger partial charge in [-0.15, -0.1) is 0 Å². The Morgan fingerprint density at radius 2 is 2.29 bits per heavy atom. The number of nitrogens with zero attached hydrogens (tertiary/aromatic N) is 2. The van der Waals surface area contributed by atoms with Gasteiger partial charge in [0.1, 0.15) is 11.5 Å². The van der Waals surface area contributed by atoms with Gasteiger partial charge in [0, 0.05) is 13.0 Å². The number of oxime groups is 1. The highest BCUT2D eigenvalue weighted by molar-refractivity contribution is 6.01. The van der Waals surface area contributed by atoms with E-state index in [2.05, 4.69) is 5.16 Å². The predicted octanol–water partition coefficient (Wildman–Crippen LogP) is 0.699. The second kappa shape index (κ2) is 3.01. The summed E-state index contributed by atoms with van der Waals surface area (Å²) in [6, 6.07) is 0. The average Bonchev–Trinajstić information content (AvgIpc) is 2.57. The molecule has 1 amide bonds. The van der Waals surface area contributed by atoms with Gasteiger partial charge in [-0.25, -0.2) is 0 Å². The molecular formula is C9H12N2O3. The quantitative estimate of drug-likeness (QED) is 0.458. The minimum atomic E-state index is -0.490. The molecule has 2 rings (SSSR count). The average molecular weight is 196 g/mol. The van der Waals surface area contributed by atoms with Crippen LogP contribution < -0.4 is 0 Å². The Kier molecular flexibility index (Phi) is 1.94. The molecule has 76 valence electrons. The van der Waals surface area contributed by atoms with Crippen molar-refractivity contribution in [2.24, 2.45) is 5.16 Å². The summed E-state index contributed by atoms with van der Waals surface area (Å²) in [4.78, 5) is 13.3. The molecule has 0 saturated carbocycles. The van der Waals surface area contributed by atoms with Crippen molar-refractivity contribution in [1.29, 1.82) is 0 Å². The largest absolute Gasteiger partial charge is 0.469 e. The summed E-state index contributed by atoms with van der Waals surface area (Å²) in [6.07, 6.45) is 0.0872. The highest BCUT2D eigenvalue weighted by Gasteiger charge is 2.40. The van der Waals surface area contributed by atoms with Gasteiger partial charge in [0.2, 0.25) is 6.23 Å². The van der Waals surface area contributed by atoms with E-state index in [0.717, 1.165) is 0 Å². The van der Waals surface area contributed by atoms with Gasteiger partial charge in [-0.2, -0.15) is 0 Å². The number of ether oxygens (including phenoxy) is 1. The van der Waals surface area contributed by atoms with Gasteiger partial charge in [0.05, 0.1) is 5.57 Å². The molecule has 14 heavy (non-hydrogen) atoms. The van der Waals surface area contributed by atoms with E-state index in [1.54, 1.807) is 18.7 Å². The van der Waals surface area contributed by atoms with E-state index in [1.165, 1.54) is 0 Å². The highest BCUT2D eigenvalue weighted by atomic mass is 16.5.